The molecule has 0 bridgehead atoms. The van der Waals surface area contributed by atoms with E-state index in [1.54, 1.807) is 0 Å². The number of rotatable bonds is 10. The number of aliphatic hydroxyl groups is 4. The fraction of sp³-hybridized carbons (Fsp3) is 0.846. The van der Waals surface area contributed by atoms with Crippen molar-refractivity contribution < 1.29 is 40.2 Å². The van der Waals surface area contributed by atoms with Crippen LogP contribution < -0.4 is 16.0 Å². The predicted molar refractivity (Wildman–Crippen MR) is 80.4 cm³/mol. The first-order valence-electron chi connectivity index (χ1n) is 7.58. The first-order chi connectivity index (χ1) is 11.3. The van der Waals surface area contributed by atoms with Gasteiger partial charge in [0.15, 0.2) is 0 Å². The van der Waals surface area contributed by atoms with Crippen LogP contribution in [0.5, 0.6) is 0 Å². The summed E-state index contributed by atoms with van der Waals surface area (Å²) < 4.78 is 0. The molecule has 1 rings (SSSR count). The Bertz CT molecular complexity index is 392. The van der Waals surface area contributed by atoms with Gasteiger partial charge in [-0.15, -0.1) is 0 Å². The Morgan fingerprint density at radius 1 is 0.750 bits per heavy atom. The van der Waals surface area contributed by atoms with E-state index in [4.69, 9.17) is 15.3 Å². The molecule has 0 aliphatic heterocycles. The second-order valence-corrected chi connectivity index (χ2v) is 5.63. The van der Waals surface area contributed by atoms with Gasteiger partial charge < -0.3 is 36.0 Å². The van der Waals surface area contributed by atoms with Crippen LogP contribution in [0.4, 0.5) is 0 Å². The van der Waals surface area contributed by atoms with Gasteiger partial charge in [-0.2, -0.15) is 0 Å². The van der Waals surface area contributed by atoms with Crippen LogP contribution in [-0.2, 0) is 9.59 Å². The van der Waals surface area contributed by atoms with Crippen molar-refractivity contribution in [2.24, 2.45) is 0 Å². The number of aliphatic hydroxyl groups excluding tert-OH is 4. The third-order valence-corrected chi connectivity index (χ3v) is 3.90. The molecule has 0 aromatic heterocycles. The molecule has 11 heteroatoms. The zero-order valence-corrected chi connectivity index (χ0v) is 13.0. The summed E-state index contributed by atoms with van der Waals surface area (Å²) >= 11 is 0. The third-order valence-electron chi connectivity index (χ3n) is 3.90. The van der Waals surface area contributed by atoms with E-state index in [-0.39, 0.29) is 13.2 Å². The van der Waals surface area contributed by atoms with Crippen molar-refractivity contribution >= 4 is 11.9 Å². The minimum absolute atomic E-state index is 0.101. The molecule has 9 N–H and O–H groups in total. The van der Waals surface area contributed by atoms with Gasteiger partial charge in [0.25, 0.3) is 0 Å². The van der Waals surface area contributed by atoms with Gasteiger partial charge in [0.05, 0.1) is 49.5 Å². The fourth-order valence-electron chi connectivity index (χ4n) is 2.76. The van der Waals surface area contributed by atoms with Gasteiger partial charge in [-0.3, -0.25) is 20.2 Å². The monoisotopic (exact) mass is 351 g/mol. The van der Waals surface area contributed by atoms with Crippen molar-refractivity contribution in [1.82, 2.24) is 16.0 Å². The maximum absolute atomic E-state index is 10.7. The van der Waals surface area contributed by atoms with E-state index in [9.17, 15) is 24.9 Å². The second-order valence-electron chi connectivity index (χ2n) is 5.63. The smallest absolute Gasteiger partial charge is 0.317 e. The molecule has 0 saturated heterocycles. The van der Waals surface area contributed by atoms with Gasteiger partial charge >= 0.3 is 11.9 Å². The van der Waals surface area contributed by atoms with Crippen molar-refractivity contribution in [1.29, 1.82) is 0 Å². The summed E-state index contributed by atoms with van der Waals surface area (Å²) in [7, 11) is 0. The van der Waals surface area contributed by atoms with Crippen molar-refractivity contribution in [3.8, 4) is 0 Å². The quantitative estimate of drug-likeness (QED) is 0.172. The average Bonchev–Trinajstić information content (AvgIpc) is 2.49. The van der Waals surface area contributed by atoms with Crippen molar-refractivity contribution in [2.75, 3.05) is 26.2 Å². The number of carbonyl (C=O) groups is 2. The molecule has 0 amide bonds. The summed E-state index contributed by atoms with van der Waals surface area (Å²) in [5.74, 6) is -2.39. The van der Waals surface area contributed by atoms with Gasteiger partial charge in [-0.05, 0) is 13.0 Å². The Hall–Kier alpha value is -1.34. The van der Waals surface area contributed by atoms with E-state index < -0.39 is 61.5 Å². The summed E-state index contributed by atoms with van der Waals surface area (Å²) in [5, 5.41) is 65.0. The second kappa shape index (κ2) is 9.84. The molecule has 1 fully saturated rings. The van der Waals surface area contributed by atoms with E-state index in [1.165, 1.54) is 0 Å². The zero-order valence-electron chi connectivity index (χ0n) is 13.0. The minimum Gasteiger partial charge on any atom is -0.480 e. The summed E-state index contributed by atoms with van der Waals surface area (Å²) in [6.45, 7) is -0.883. The lowest BCUT2D eigenvalue weighted by Gasteiger charge is -2.46. The molecule has 140 valence electrons. The van der Waals surface area contributed by atoms with E-state index in [2.05, 4.69) is 16.0 Å². The Morgan fingerprint density at radius 3 is 1.46 bits per heavy atom. The molecule has 1 saturated carbocycles. The standard InChI is InChI=1S/C13H25N3O8/c17-3-1-2-14-8-11(22)9(15-4-6(18)19)13(24)10(12(8)23)16-5-7(20)21/h8-17,22-24H,1-5H2,(H,18,19)(H,20,21)/t8?,9-,10-,11-,12+,13?/m1/s1. The van der Waals surface area contributed by atoms with Crippen LogP contribution >= 0.6 is 0 Å². The molecule has 6 atom stereocenters. The van der Waals surface area contributed by atoms with Crippen LogP contribution in [0, 0.1) is 0 Å². The molecule has 1 aliphatic carbocycles. The summed E-state index contributed by atoms with van der Waals surface area (Å²) in [4.78, 5) is 21.4. The SMILES string of the molecule is O=C(O)CN[C@H]1C(O)[C@H](NCC(=O)O)[C@@H](O)C(NCCCO)[C@H]1O. The number of carboxylic acids is 2. The topological polar surface area (TPSA) is 192 Å². The largest absolute Gasteiger partial charge is 0.480 e. The molecule has 2 unspecified atom stereocenters. The highest BCUT2D eigenvalue weighted by molar-refractivity contribution is 5.69. The number of carboxylic acid groups (broad SMARTS) is 2. The third kappa shape index (κ3) is 5.63. The minimum atomic E-state index is -1.41. The summed E-state index contributed by atoms with van der Waals surface area (Å²) in [5.41, 5.74) is 0. The highest BCUT2D eigenvalue weighted by Gasteiger charge is 2.49. The van der Waals surface area contributed by atoms with Crippen LogP contribution in [0.2, 0.25) is 0 Å². The van der Waals surface area contributed by atoms with Crippen molar-refractivity contribution in [3.63, 3.8) is 0 Å². The first kappa shape index (κ1) is 20.7. The Labute approximate surface area is 138 Å². The Balaban J connectivity index is 2.88. The van der Waals surface area contributed by atoms with E-state index in [0.717, 1.165) is 0 Å². The van der Waals surface area contributed by atoms with Crippen LogP contribution in [0.3, 0.4) is 0 Å². The van der Waals surface area contributed by atoms with Crippen molar-refractivity contribution in [3.05, 3.63) is 0 Å². The maximum Gasteiger partial charge on any atom is 0.317 e. The van der Waals surface area contributed by atoms with Gasteiger partial charge in [0.2, 0.25) is 0 Å². The molecule has 1 aliphatic rings. The lowest BCUT2D eigenvalue weighted by molar-refractivity contribution is -0.138. The number of hydrogen-bond acceptors (Lipinski definition) is 9. The van der Waals surface area contributed by atoms with Gasteiger partial charge in [-0.1, -0.05) is 0 Å². The van der Waals surface area contributed by atoms with Crippen LogP contribution in [-0.4, -0.2) is 105 Å². The Morgan fingerprint density at radius 2 is 1.12 bits per heavy atom. The Kier molecular flexibility index (Phi) is 8.48. The molecule has 0 aromatic carbocycles. The van der Waals surface area contributed by atoms with Crippen molar-refractivity contribution in [2.45, 2.75) is 42.9 Å². The number of aliphatic carboxylic acids is 2. The predicted octanol–water partition coefficient (Wildman–Crippen LogP) is -4.49. The highest BCUT2D eigenvalue weighted by atomic mass is 16.4. The zero-order chi connectivity index (χ0) is 18.3. The van der Waals surface area contributed by atoms with Gasteiger partial charge in [-0.25, -0.2) is 0 Å². The molecule has 11 nitrogen and oxygen atoms in total. The highest BCUT2D eigenvalue weighted by Crippen LogP contribution is 2.22. The van der Waals surface area contributed by atoms with Gasteiger partial charge in [0, 0.05) is 6.61 Å². The van der Waals surface area contributed by atoms with Crippen LogP contribution in [0.15, 0.2) is 0 Å². The molecule has 24 heavy (non-hydrogen) atoms. The lowest BCUT2D eigenvalue weighted by Crippen LogP contribution is -2.74. The molecular formula is C13H25N3O8. The number of hydrogen-bond donors (Lipinski definition) is 9. The molecule has 0 spiro atoms. The molecule has 0 heterocycles. The average molecular weight is 351 g/mol. The first-order valence-corrected chi connectivity index (χ1v) is 7.58. The van der Waals surface area contributed by atoms with Gasteiger partial charge in [0.1, 0.15) is 0 Å². The van der Waals surface area contributed by atoms with E-state index in [1.807, 2.05) is 0 Å². The van der Waals surface area contributed by atoms with E-state index in [0.29, 0.717) is 6.42 Å². The number of nitrogens with one attached hydrogen (secondary N) is 3. The molecule has 0 radical (unpaired) electrons. The van der Waals surface area contributed by atoms with E-state index >= 15 is 0 Å². The molecular weight excluding hydrogens is 326 g/mol. The normalized spacial score (nSPS) is 33.3. The summed E-state index contributed by atoms with van der Waals surface area (Å²) in [6.07, 6.45) is -3.70. The maximum atomic E-state index is 10.7. The lowest BCUT2D eigenvalue weighted by atomic mass is 9.79. The molecule has 0 aromatic rings. The fourth-order valence-corrected chi connectivity index (χ4v) is 2.76. The van der Waals surface area contributed by atoms with Crippen LogP contribution in [0.1, 0.15) is 6.42 Å². The summed E-state index contributed by atoms with van der Waals surface area (Å²) in [6, 6.07) is -3.14. The van der Waals surface area contributed by atoms with Crippen LogP contribution in [0.25, 0.3) is 0 Å².